The Bertz CT molecular complexity index is 767. The summed E-state index contributed by atoms with van der Waals surface area (Å²) in [5.41, 5.74) is 3.04. The highest BCUT2D eigenvalue weighted by Crippen LogP contribution is 2.37. The first-order valence-electron chi connectivity index (χ1n) is 7.78. The minimum atomic E-state index is 0.0442. The van der Waals surface area contributed by atoms with E-state index in [1.165, 1.54) is 5.56 Å². The van der Waals surface area contributed by atoms with Crippen LogP contribution in [0.3, 0.4) is 0 Å². The topological polar surface area (TPSA) is 49.0 Å². The van der Waals surface area contributed by atoms with E-state index in [1.807, 2.05) is 18.2 Å². The number of benzene rings is 1. The molecule has 0 unspecified atom stereocenters. The van der Waals surface area contributed by atoms with Gasteiger partial charge in [-0.25, -0.2) is 4.98 Å². The zero-order valence-electron chi connectivity index (χ0n) is 12.3. The van der Waals surface area contributed by atoms with Crippen LogP contribution < -0.4 is 5.56 Å². The third kappa shape index (κ3) is 2.81. The number of rotatable bonds is 3. The maximum atomic E-state index is 12.3. The molecule has 4 nitrogen and oxygen atoms in total. The van der Waals surface area contributed by atoms with Gasteiger partial charge in [0, 0.05) is 37.0 Å². The number of H-pyrrole nitrogens is 1. The van der Waals surface area contributed by atoms with E-state index in [4.69, 9.17) is 11.6 Å². The van der Waals surface area contributed by atoms with Crippen molar-refractivity contribution < 1.29 is 0 Å². The fourth-order valence-electron chi connectivity index (χ4n) is 3.08. The third-order valence-corrected chi connectivity index (χ3v) is 4.66. The van der Waals surface area contributed by atoms with Crippen LogP contribution in [-0.4, -0.2) is 21.4 Å². The number of hydrogen-bond donors (Lipinski definition) is 1. The molecule has 114 valence electrons. The second-order valence-electron chi connectivity index (χ2n) is 6.24. The summed E-state index contributed by atoms with van der Waals surface area (Å²) in [6, 6.07) is 7.90. The van der Waals surface area contributed by atoms with Gasteiger partial charge in [0.1, 0.15) is 5.82 Å². The van der Waals surface area contributed by atoms with Crippen molar-refractivity contribution in [2.45, 2.75) is 38.3 Å². The van der Waals surface area contributed by atoms with Gasteiger partial charge in [0.2, 0.25) is 0 Å². The lowest BCUT2D eigenvalue weighted by Crippen LogP contribution is -2.35. The maximum absolute atomic E-state index is 12.3. The summed E-state index contributed by atoms with van der Waals surface area (Å²) in [5, 5.41) is 0.753. The van der Waals surface area contributed by atoms with Crippen LogP contribution in [-0.2, 0) is 19.5 Å². The molecule has 0 radical (unpaired) electrons. The molecule has 0 bridgehead atoms. The molecule has 2 heterocycles. The van der Waals surface area contributed by atoms with Gasteiger partial charge in [0.15, 0.2) is 0 Å². The molecule has 22 heavy (non-hydrogen) atoms. The van der Waals surface area contributed by atoms with E-state index in [1.54, 1.807) is 0 Å². The number of fused-ring (bicyclic) bond motifs is 1. The van der Waals surface area contributed by atoms with Gasteiger partial charge in [-0.2, -0.15) is 0 Å². The Morgan fingerprint density at radius 3 is 3.00 bits per heavy atom. The summed E-state index contributed by atoms with van der Waals surface area (Å²) in [4.78, 5) is 22.3. The average Bonchev–Trinajstić information content (AvgIpc) is 3.32. The Labute approximate surface area is 134 Å². The Kier molecular flexibility index (Phi) is 3.51. The van der Waals surface area contributed by atoms with Crippen LogP contribution in [0.1, 0.15) is 41.4 Å². The Hall–Kier alpha value is -1.65. The van der Waals surface area contributed by atoms with Crippen molar-refractivity contribution in [3.63, 3.8) is 0 Å². The first kappa shape index (κ1) is 14.0. The van der Waals surface area contributed by atoms with Gasteiger partial charge in [-0.05, 0) is 30.5 Å². The van der Waals surface area contributed by atoms with E-state index in [-0.39, 0.29) is 5.56 Å². The second kappa shape index (κ2) is 5.52. The number of nitrogens with zero attached hydrogens (tertiary/aromatic N) is 2. The Morgan fingerprint density at radius 2 is 2.23 bits per heavy atom. The molecule has 1 saturated carbocycles. The normalized spacial score (nSPS) is 18.2. The minimum absolute atomic E-state index is 0.0442. The van der Waals surface area contributed by atoms with E-state index >= 15 is 0 Å². The number of nitrogens with one attached hydrogen (secondary N) is 1. The lowest BCUT2D eigenvalue weighted by Gasteiger charge is -2.27. The fraction of sp³-hybridized carbons (Fsp3) is 0.412. The number of aromatic amines is 1. The molecule has 1 aliphatic heterocycles. The van der Waals surface area contributed by atoms with Gasteiger partial charge in [0.05, 0.1) is 11.3 Å². The van der Waals surface area contributed by atoms with Crippen molar-refractivity contribution >= 4 is 11.6 Å². The number of aromatic nitrogens is 2. The molecule has 1 aromatic heterocycles. The third-order valence-electron chi connectivity index (χ3n) is 4.43. The standard InChI is InChI=1S/C17H18ClN3O/c18-13-3-1-2-11(8-13)9-21-7-6-15-14(10-21)17(22)20-16(19-15)12-4-5-12/h1-3,8,12H,4-7,9-10H2,(H,19,20,22). The molecule has 1 aromatic carbocycles. The molecule has 1 fully saturated rings. The van der Waals surface area contributed by atoms with Crippen LogP contribution in [0.15, 0.2) is 29.1 Å². The van der Waals surface area contributed by atoms with Crippen LogP contribution in [0, 0.1) is 0 Å². The number of hydrogen-bond acceptors (Lipinski definition) is 3. The molecule has 2 aliphatic rings. The molecule has 0 saturated heterocycles. The van der Waals surface area contributed by atoms with Gasteiger partial charge < -0.3 is 4.98 Å². The lowest BCUT2D eigenvalue weighted by atomic mass is 10.1. The maximum Gasteiger partial charge on any atom is 0.255 e. The van der Waals surface area contributed by atoms with E-state index in [0.717, 1.165) is 54.5 Å². The Morgan fingerprint density at radius 1 is 1.36 bits per heavy atom. The van der Waals surface area contributed by atoms with Gasteiger partial charge in [-0.1, -0.05) is 23.7 Å². The van der Waals surface area contributed by atoms with Crippen LogP contribution in [0.25, 0.3) is 0 Å². The SMILES string of the molecule is O=c1[nH]c(C2CC2)nc2c1CN(Cc1cccc(Cl)c1)CC2. The second-order valence-corrected chi connectivity index (χ2v) is 6.68. The molecular formula is C17H18ClN3O. The van der Waals surface area contributed by atoms with Crippen molar-refractivity contribution in [2.75, 3.05) is 6.54 Å². The van der Waals surface area contributed by atoms with Crippen LogP contribution in [0.2, 0.25) is 5.02 Å². The highest BCUT2D eigenvalue weighted by molar-refractivity contribution is 6.30. The first-order valence-corrected chi connectivity index (χ1v) is 8.15. The molecule has 0 atom stereocenters. The predicted molar refractivity (Wildman–Crippen MR) is 86.1 cm³/mol. The highest BCUT2D eigenvalue weighted by Gasteiger charge is 2.29. The highest BCUT2D eigenvalue weighted by atomic mass is 35.5. The van der Waals surface area contributed by atoms with E-state index in [0.29, 0.717) is 12.5 Å². The molecule has 1 aliphatic carbocycles. The minimum Gasteiger partial charge on any atom is -0.310 e. The van der Waals surface area contributed by atoms with E-state index in [2.05, 4.69) is 20.9 Å². The molecule has 0 spiro atoms. The summed E-state index contributed by atoms with van der Waals surface area (Å²) in [6.07, 6.45) is 3.16. The van der Waals surface area contributed by atoms with Crippen molar-refractivity contribution in [3.8, 4) is 0 Å². The first-order chi connectivity index (χ1) is 10.7. The van der Waals surface area contributed by atoms with Gasteiger partial charge >= 0.3 is 0 Å². The summed E-state index contributed by atoms with van der Waals surface area (Å²) >= 11 is 6.04. The van der Waals surface area contributed by atoms with Crippen molar-refractivity contribution in [1.29, 1.82) is 0 Å². The Balaban J connectivity index is 1.55. The lowest BCUT2D eigenvalue weighted by molar-refractivity contribution is 0.241. The molecule has 1 N–H and O–H groups in total. The van der Waals surface area contributed by atoms with Crippen molar-refractivity contribution in [2.24, 2.45) is 0 Å². The van der Waals surface area contributed by atoms with Gasteiger partial charge in [-0.3, -0.25) is 9.69 Å². The quantitative estimate of drug-likeness (QED) is 0.947. The van der Waals surface area contributed by atoms with E-state index in [9.17, 15) is 4.79 Å². The predicted octanol–water partition coefficient (Wildman–Crippen LogP) is 2.86. The summed E-state index contributed by atoms with van der Waals surface area (Å²) in [5.74, 6) is 1.38. The smallest absolute Gasteiger partial charge is 0.255 e. The van der Waals surface area contributed by atoms with Crippen LogP contribution in [0.5, 0.6) is 0 Å². The summed E-state index contributed by atoms with van der Waals surface area (Å²) in [6.45, 7) is 2.40. The van der Waals surface area contributed by atoms with Crippen molar-refractivity contribution in [3.05, 3.63) is 62.3 Å². The molecule has 5 heteroatoms. The zero-order chi connectivity index (χ0) is 15.1. The average molecular weight is 316 g/mol. The molecule has 4 rings (SSSR count). The monoisotopic (exact) mass is 315 g/mol. The van der Waals surface area contributed by atoms with Crippen LogP contribution in [0.4, 0.5) is 0 Å². The fourth-order valence-corrected chi connectivity index (χ4v) is 3.29. The number of halogens is 1. The van der Waals surface area contributed by atoms with Gasteiger partial charge in [0.25, 0.3) is 5.56 Å². The molecular weight excluding hydrogens is 298 g/mol. The molecule has 0 amide bonds. The van der Waals surface area contributed by atoms with E-state index < -0.39 is 0 Å². The summed E-state index contributed by atoms with van der Waals surface area (Å²) in [7, 11) is 0. The van der Waals surface area contributed by atoms with Crippen molar-refractivity contribution in [1.82, 2.24) is 14.9 Å². The van der Waals surface area contributed by atoms with Gasteiger partial charge in [-0.15, -0.1) is 0 Å². The van der Waals surface area contributed by atoms with Crippen LogP contribution >= 0.6 is 11.6 Å². The molecule has 2 aromatic rings. The largest absolute Gasteiger partial charge is 0.310 e. The summed E-state index contributed by atoms with van der Waals surface area (Å²) < 4.78 is 0. The zero-order valence-corrected chi connectivity index (χ0v) is 13.1.